The third-order valence-electron chi connectivity index (χ3n) is 4.67. The van der Waals surface area contributed by atoms with Crippen LogP contribution < -0.4 is 15.0 Å². The quantitative estimate of drug-likeness (QED) is 0.595. The molecule has 0 fully saturated rings. The summed E-state index contributed by atoms with van der Waals surface area (Å²) in [5, 5.41) is 2.87. The van der Waals surface area contributed by atoms with Crippen LogP contribution in [0.4, 0.5) is 15.8 Å². The normalized spacial score (nSPS) is 13.8. The fourth-order valence-electron chi connectivity index (χ4n) is 3.26. The second-order valence-corrected chi connectivity index (χ2v) is 6.89. The molecule has 1 N–H and O–H groups in total. The van der Waals surface area contributed by atoms with Gasteiger partial charge in [-0.3, -0.25) is 9.59 Å². The molecule has 7 heteroatoms. The van der Waals surface area contributed by atoms with Gasteiger partial charge in [0, 0.05) is 0 Å². The van der Waals surface area contributed by atoms with Crippen LogP contribution in [-0.2, 0) is 9.59 Å². The molecule has 0 spiro atoms. The number of carbonyl (C=O) groups is 2. The molecule has 0 aliphatic carbocycles. The molecule has 3 aromatic carbocycles. The highest BCUT2D eigenvalue weighted by Gasteiger charge is 2.40. The number of carbonyl (C=O) groups excluding carboxylic acids is 2. The van der Waals surface area contributed by atoms with Crippen LogP contribution in [-0.4, -0.2) is 18.9 Å². The number of imide groups is 1. The Balaban J connectivity index is 1.84. The number of hydrogen-bond donors (Lipinski definition) is 1. The summed E-state index contributed by atoms with van der Waals surface area (Å²) in [6.45, 7) is 0. The minimum Gasteiger partial charge on any atom is -0.495 e. The molecule has 5 nitrogen and oxygen atoms in total. The van der Waals surface area contributed by atoms with Crippen molar-refractivity contribution in [3.63, 3.8) is 0 Å². The van der Waals surface area contributed by atoms with Crippen LogP contribution >= 0.6 is 11.6 Å². The maximum atomic E-state index is 13.6. The van der Waals surface area contributed by atoms with Crippen LogP contribution in [0.2, 0.25) is 5.02 Å². The minimum absolute atomic E-state index is 0.0937. The molecule has 1 aliphatic rings. The average Bonchev–Trinajstić information content (AvgIpc) is 3.00. The predicted octanol–water partition coefficient (Wildman–Crippen LogP) is 4.88. The number of para-hydroxylation sites is 2. The average molecular weight is 423 g/mol. The van der Waals surface area contributed by atoms with E-state index in [0.29, 0.717) is 17.0 Å². The topological polar surface area (TPSA) is 58.6 Å². The zero-order chi connectivity index (χ0) is 21.3. The fraction of sp³-hybridized carbons (Fsp3) is 0.0435. The number of benzene rings is 3. The van der Waals surface area contributed by atoms with Gasteiger partial charge in [-0.1, -0.05) is 54.1 Å². The first kappa shape index (κ1) is 19.7. The van der Waals surface area contributed by atoms with Crippen LogP contribution in [0.1, 0.15) is 5.56 Å². The molecular formula is C23H16ClFN2O3. The van der Waals surface area contributed by atoms with Gasteiger partial charge in [-0.25, -0.2) is 9.29 Å². The van der Waals surface area contributed by atoms with E-state index in [9.17, 15) is 14.0 Å². The molecule has 0 radical (unpaired) electrons. The van der Waals surface area contributed by atoms with Crippen molar-refractivity contribution in [2.75, 3.05) is 17.3 Å². The molecule has 4 rings (SSSR count). The summed E-state index contributed by atoms with van der Waals surface area (Å²) < 4.78 is 19.0. The van der Waals surface area contributed by atoms with Gasteiger partial charge in [0.15, 0.2) is 0 Å². The van der Waals surface area contributed by atoms with E-state index in [1.165, 1.54) is 19.2 Å². The van der Waals surface area contributed by atoms with E-state index >= 15 is 0 Å². The molecule has 2 amide bonds. The van der Waals surface area contributed by atoms with E-state index in [1.807, 2.05) is 6.07 Å². The smallest absolute Gasteiger partial charge is 0.282 e. The highest BCUT2D eigenvalue weighted by Crippen LogP contribution is 2.36. The van der Waals surface area contributed by atoms with Crippen LogP contribution in [0.25, 0.3) is 5.57 Å². The number of nitrogens with one attached hydrogen (secondary N) is 1. The lowest BCUT2D eigenvalue weighted by Crippen LogP contribution is -2.32. The van der Waals surface area contributed by atoms with Crippen molar-refractivity contribution in [1.29, 1.82) is 0 Å². The van der Waals surface area contributed by atoms with E-state index in [-0.39, 0.29) is 22.0 Å². The van der Waals surface area contributed by atoms with Gasteiger partial charge in [-0.05, 0) is 35.9 Å². The Morgan fingerprint density at radius 3 is 2.33 bits per heavy atom. The predicted molar refractivity (Wildman–Crippen MR) is 114 cm³/mol. The van der Waals surface area contributed by atoms with Crippen molar-refractivity contribution in [3.05, 3.63) is 94.9 Å². The van der Waals surface area contributed by atoms with Gasteiger partial charge < -0.3 is 10.1 Å². The number of ether oxygens (including phenoxy) is 1. The Morgan fingerprint density at radius 2 is 1.63 bits per heavy atom. The molecule has 1 aliphatic heterocycles. The van der Waals surface area contributed by atoms with Crippen molar-refractivity contribution in [1.82, 2.24) is 0 Å². The number of nitrogens with zero attached hydrogens (tertiary/aromatic N) is 1. The van der Waals surface area contributed by atoms with E-state index in [0.717, 1.165) is 11.0 Å². The molecule has 30 heavy (non-hydrogen) atoms. The van der Waals surface area contributed by atoms with Crippen molar-refractivity contribution in [2.45, 2.75) is 0 Å². The second kappa shape index (κ2) is 8.00. The number of halogens is 2. The first-order valence-corrected chi connectivity index (χ1v) is 9.42. The van der Waals surface area contributed by atoms with Crippen LogP contribution in [0.15, 0.2) is 78.5 Å². The first-order chi connectivity index (χ1) is 14.5. The highest BCUT2D eigenvalue weighted by molar-refractivity contribution is 6.46. The summed E-state index contributed by atoms with van der Waals surface area (Å²) in [6, 6.07) is 19.6. The molecule has 1 heterocycles. The SMILES string of the molecule is COc1ccccc1NC1=C(c2ccccc2)C(=O)N(c2ccc(F)c(Cl)c2)C1=O. The Kier molecular flexibility index (Phi) is 5.25. The molecule has 0 aromatic heterocycles. The maximum Gasteiger partial charge on any atom is 0.282 e. The summed E-state index contributed by atoms with van der Waals surface area (Å²) >= 11 is 5.88. The number of amides is 2. The van der Waals surface area contributed by atoms with Gasteiger partial charge in [0.25, 0.3) is 11.8 Å². The van der Waals surface area contributed by atoms with Crippen LogP contribution in [0, 0.1) is 5.82 Å². The molecule has 0 saturated heterocycles. The number of methoxy groups -OCH3 is 1. The molecule has 3 aromatic rings. The summed E-state index contributed by atoms with van der Waals surface area (Å²) in [7, 11) is 1.52. The number of anilines is 2. The largest absolute Gasteiger partial charge is 0.495 e. The first-order valence-electron chi connectivity index (χ1n) is 9.05. The Morgan fingerprint density at radius 1 is 0.933 bits per heavy atom. The van der Waals surface area contributed by atoms with Crippen molar-refractivity contribution in [2.24, 2.45) is 0 Å². The molecule has 0 saturated carbocycles. The lowest BCUT2D eigenvalue weighted by molar-refractivity contribution is -0.120. The molecule has 0 unspecified atom stereocenters. The van der Waals surface area contributed by atoms with Crippen LogP contribution in [0.3, 0.4) is 0 Å². The molecule has 150 valence electrons. The minimum atomic E-state index is -0.636. The fourth-order valence-corrected chi connectivity index (χ4v) is 3.43. The number of rotatable bonds is 5. The van der Waals surface area contributed by atoms with E-state index in [4.69, 9.17) is 16.3 Å². The lowest BCUT2D eigenvalue weighted by Gasteiger charge is -2.16. The Labute approximate surface area is 177 Å². The zero-order valence-corrected chi connectivity index (χ0v) is 16.6. The monoisotopic (exact) mass is 422 g/mol. The lowest BCUT2D eigenvalue weighted by atomic mass is 10.0. The maximum absolute atomic E-state index is 13.6. The molecule has 0 bridgehead atoms. The molecular weight excluding hydrogens is 407 g/mol. The molecule has 0 atom stereocenters. The van der Waals surface area contributed by atoms with Crippen LogP contribution in [0.5, 0.6) is 5.75 Å². The van der Waals surface area contributed by atoms with E-state index in [2.05, 4.69) is 5.32 Å². The third-order valence-corrected chi connectivity index (χ3v) is 4.96. The highest BCUT2D eigenvalue weighted by atomic mass is 35.5. The van der Waals surface area contributed by atoms with Gasteiger partial charge in [-0.2, -0.15) is 0 Å². The van der Waals surface area contributed by atoms with Gasteiger partial charge in [-0.15, -0.1) is 0 Å². The summed E-state index contributed by atoms with van der Waals surface area (Å²) in [5.41, 5.74) is 1.58. The standard InChI is InChI=1S/C23H16ClFN2O3/c1-30-19-10-6-5-9-18(19)26-21-20(14-7-3-2-4-8-14)22(28)27(23(21)29)15-11-12-17(25)16(24)13-15/h2-13,26H,1H3. The zero-order valence-electron chi connectivity index (χ0n) is 15.9. The summed E-state index contributed by atoms with van der Waals surface area (Å²) in [4.78, 5) is 27.6. The van der Waals surface area contributed by atoms with Crippen molar-refractivity contribution < 1.29 is 18.7 Å². The van der Waals surface area contributed by atoms with Gasteiger partial charge >= 0.3 is 0 Å². The second-order valence-electron chi connectivity index (χ2n) is 6.49. The van der Waals surface area contributed by atoms with Gasteiger partial charge in [0.05, 0.1) is 29.1 Å². The number of hydrogen-bond acceptors (Lipinski definition) is 4. The summed E-state index contributed by atoms with van der Waals surface area (Å²) in [6.07, 6.45) is 0. The van der Waals surface area contributed by atoms with Gasteiger partial charge in [0.2, 0.25) is 0 Å². The third kappa shape index (κ3) is 3.42. The van der Waals surface area contributed by atoms with E-state index in [1.54, 1.807) is 48.5 Å². The van der Waals surface area contributed by atoms with E-state index < -0.39 is 17.6 Å². The van der Waals surface area contributed by atoms with Gasteiger partial charge in [0.1, 0.15) is 17.3 Å². The van der Waals surface area contributed by atoms with Crippen molar-refractivity contribution >= 4 is 40.4 Å². The van der Waals surface area contributed by atoms with Crippen molar-refractivity contribution in [3.8, 4) is 5.75 Å². The summed E-state index contributed by atoms with van der Waals surface area (Å²) in [5.74, 6) is -1.23. The Hall–Kier alpha value is -3.64. The Bertz CT molecular complexity index is 1180.